The van der Waals surface area contributed by atoms with Gasteiger partial charge in [0.05, 0.1) is 17.1 Å². The van der Waals surface area contributed by atoms with Crippen LogP contribution in [0.1, 0.15) is 5.69 Å². The van der Waals surface area contributed by atoms with Crippen molar-refractivity contribution in [3.05, 3.63) is 76.7 Å². The Kier molecular flexibility index (Phi) is 5.77. The van der Waals surface area contributed by atoms with Gasteiger partial charge in [-0.2, -0.15) is 0 Å². The number of aromatic nitrogens is 5. The van der Waals surface area contributed by atoms with E-state index in [-0.39, 0.29) is 22.9 Å². The molecule has 0 aliphatic rings. The molecular weight excluding hydrogens is 412 g/mol. The maximum absolute atomic E-state index is 12.9. The van der Waals surface area contributed by atoms with Gasteiger partial charge >= 0.3 is 0 Å². The molecule has 158 valence electrons. The number of thioether (sulfide) groups is 1. The first-order valence-electron chi connectivity index (χ1n) is 9.69. The van der Waals surface area contributed by atoms with Crippen LogP contribution in [-0.2, 0) is 18.9 Å². The molecule has 0 atom stereocenters. The minimum atomic E-state index is -0.278. The Morgan fingerprint density at radius 1 is 1.00 bits per heavy atom. The van der Waals surface area contributed by atoms with Crippen molar-refractivity contribution in [2.75, 3.05) is 11.1 Å². The molecule has 2 aromatic heterocycles. The molecule has 1 amide bonds. The third kappa shape index (κ3) is 4.04. The van der Waals surface area contributed by atoms with E-state index < -0.39 is 0 Å². The summed E-state index contributed by atoms with van der Waals surface area (Å²) in [6.07, 6.45) is 0. The molecule has 0 spiro atoms. The van der Waals surface area contributed by atoms with Gasteiger partial charge in [0.2, 0.25) is 5.91 Å². The lowest BCUT2D eigenvalue weighted by Crippen LogP contribution is -2.23. The van der Waals surface area contributed by atoms with Crippen LogP contribution in [0, 0.1) is 6.92 Å². The summed E-state index contributed by atoms with van der Waals surface area (Å²) in [5.74, 6) is 0.563. The summed E-state index contributed by atoms with van der Waals surface area (Å²) in [6, 6.07) is 19.1. The molecule has 8 nitrogen and oxygen atoms in total. The second kappa shape index (κ2) is 8.65. The number of hydrogen-bond acceptors (Lipinski definition) is 5. The Labute approximate surface area is 183 Å². The molecule has 0 aliphatic carbocycles. The van der Waals surface area contributed by atoms with Crippen LogP contribution in [0.2, 0.25) is 0 Å². The van der Waals surface area contributed by atoms with E-state index in [1.165, 1.54) is 16.4 Å². The van der Waals surface area contributed by atoms with E-state index in [0.29, 0.717) is 10.9 Å². The Hall–Kier alpha value is -3.59. The van der Waals surface area contributed by atoms with Gasteiger partial charge in [-0.05, 0) is 19.1 Å². The third-order valence-electron chi connectivity index (χ3n) is 5.02. The van der Waals surface area contributed by atoms with Gasteiger partial charge in [-0.25, -0.2) is 4.68 Å². The lowest BCUT2D eigenvalue weighted by molar-refractivity contribution is -0.113. The number of nitrogens with zero attached hydrogens (tertiary/aromatic N) is 5. The number of hydrogen-bond donors (Lipinski definition) is 1. The van der Waals surface area contributed by atoms with Gasteiger partial charge in [0.1, 0.15) is 5.69 Å². The van der Waals surface area contributed by atoms with Gasteiger partial charge in [-0.15, -0.1) is 10.2 Å². The molecule has 0 unspecified atom stereocenters. The van der Waals surface area contributed by atoms with Crippen molar-refractivity contribution in [1.29, 1.82) is 0 Å². The summed E-state index contributed by atoms with van der Waals surface area (Å²) in [5, 5.41) is 11.8. The molecule has 0 saturated carbocycles. The molecule has 0 bridgehead atoms. The average Bonchev–Trinajstić information content (AvgIpc) is 3.25. The van der Waals surface area contributed by atoms with Crippen molar-refractivity contribution in [3.63, 3.8) is 0 Å². The molecule has 0 fully saturated rings. The fourth-order valence-corrected chi connectivity index (χ4v) is 4.01. The standard InChI is InChI=1S/C22H22N6O2S/c1-15-19(21(30)28(27(15)3)17-12-8-5-9-13-17)23-18(29)14-31-22-25-24-20(26(22)2)16-10-6-4-7-11-16/h4-13H,14H2,1-3H3,(H,23,29). The van der Waals surface area contributed by atoms with Gasteiger partial charge in [0, 0.05) is 19.7 Å². The van der Waals surface area contributed by atoms with Crippen LogP contribution >= 0.6 is 11.8 Å². The summed E-state index contributed by atoms with van der Waals surface area (Å²) in [6.45, 7) is 1.80. The minimum Gasteiger partial charge on any atom is -0.319 e. The molecule has 2 heterocycles. The summed E-state index contributed by atoms with van der Waals surface area (Å²) >= 11 is 1.27. The van der Waals surface area contributed by atoms with E-state index in [0.717, 1.165) is 17.1 Å². The van der Waals surface area contributed by atoms with E-state index in [2.05, 4.69) is 15.5 Å². The fraction of sp³-hybridized carbons (Fsp3) is 0.182. The van der Waals surface area contributed by atoms with Gasteiger partial charge in [-0.3, -0.25) is 14.3 Å². The smallest absolute Gasteiger partial charge is 0.295 e. The van der Waals surface area contributed by atoms with Crippen LogP contribution in [0.4, 0.5) is 5.69 Å². The molecule has 4 aromatic rings. The lowest BCUT2D eigenvalue weighted by Gasteiger charge is -2.07. The largest absolute Gasteiger partial charge is 0.319 e. The Morgan fingerprint density at radius 2 is 1.65 bits per heavy atom. The highest BCUT2D eigenvalue weighted by atomic mass is 32.2. The summed E-state index contributed by atoms with van der Waals surface area (Å²) in [4.78, 5) is 25.5. The topological polar surface area (TPSA) is 86.7 Å². The number of anilines is 1. The first kappa shape index (κ1) is 20.7. The Morgan fingerprint density at radius 3 is 2.32 bits per heavy atom. The van der Waals surface area contributed by atoms with Gasteiger partial charge in [0.25, 0.3) is 5.56 Å². The highest BCUT2D eigenvalue weighted by Crippen LogP contribution is 2.22. The maximum Gasteiger partial charge on any atom is 0.295 e. The Bertz CT molecular complexity index is 1270. The number of carbonyl (C=O) groups is 1. The lowest BCUT2D eigenvalue weighted by atomic mass is 10.2. The monoisotopic (exact) mass is 434 g/mol. The normalized spacial score (nSPS) is 10.9. The van der Waals surface area contributed by atoms with Crippen molar-refractivity contribution in [3.8, 4) is 17.1 Å². The molecule has 31 heavy (non-hydrogen) atoms. The molecular formula is C22H22N6O2S. The van der Waals surface area contributed by atoms with Crippen molar-refractivity contribution < 1.29 is 4.79 Å². The zero-order valence-electron chi connectivity index (χ0n) is 17.4. The maximum atomic E-state index is 12.9. The predicted molar refractivity (Wildman–Crippen MR) is 122 cm³/mol. The minimum absolute atomic E-state index is 0.111. The van der Waals surface area contributed by atoms with Crippen molar-refractivity contribution in [2.24, 2.45) is 14.1 Å². The SMILES string of the molecule is Cc1c(NC(=O)CSc2nnc(-c3ccccc3)n2C)c(=O)n(-c2ccccc2)n1C. The number of rotatable bonds is 6. The average molecular weight is 435 g/mol. The van der Waals surface area contributed by atoms with Crippen LogP contribution < -0.4 is 10.9 Å². The zero-order chi connectivity index (χ0) is 22.0. The molecule has 0 aliphatic heterocycles. The van der Waals surface area contributed by atoms with Crippen LogP contribution in [0.3, 0.4) is 0 Å². The summed E-state index contributed by atoms with van der Waals surface area (Å²) in [7, 11) is 3.65. The second-order valence-corrected chi connectivity index (χ2v) is 7.95. The Balaban J connectivity index is 1.48. The van der Waals surface area contributed by atoms with Crippen LogP contribution in [0.15, 0.2) is 70.6 Å². The highest BCUT2D eigenvalue weighted by Gasteiger charge is 2.19. The number of carbonyl (C=O) groups excluding carboxylic acids is 1. The van der Waals surface area contributed by atoms with Gasteiger partial charge < -0.3 is 9.88 Å². The third-order valence-corrected chi connectivity index (χ3v) is 6.04. The van der Waals surface area contributed by atoms with E-state index in [9.17, 15) is 9.59 Å². The highest BCUT2D eigenvalue weighted by molar-refractivity contribution is 7.99. The van der Waals surface area contributed by atoms with Gasteiger partial charge in [0.15, 0.2) is 11.0 Å². The second-order valence-electron chi connectivity index (χ2n) is 7.00. The van der Waals surface area contributed by atoms with E-state index in [4.69, 9.17) is 0 Å². The first-order valence-corrected chi connectivity index (χ1v) is 10.7. The van der Waals surface area contributed by atoms with Crippen LogP contribution in [0.5, 0.6) is 0 Å². The van der Waals surface area contributed by atoms with Gasteiger partial charge in [-0.1, -0.05) is 60.3 Å². The predicted octanol–water partition coefficient (Wildman–Crippen LogP) is 3.01. The first-order chi connectivity index (χ1) is 15.0. The molecule has 9 heteroatoms. The molecule has 1 N–H and O–H groups in total. The molecule has 0 saturated heterocycles. The number of benzene rings is 2. The molecule has 2 aromatic carbocycles. The van der Waals surface area contributed by atoms with E-state index in [1.807, 2.05) is 72.3 Å². The quantitative estimate of drug-likeness (QED) is 0.472. The molecule has 0 radical (unpaired) electrons. The number of para-hydroxylation sites is 1. The summed E-state index contributed by atoms with van der Waals surface area (Å²) in [5.41, 5.74) is 2.38. The zero-order valence-corrected chi connectivity index (χ0v) is 18.3. The number of nitrogens with one attached hydrogen (secondary N) is 1. The van der Waals surface area contributed by atoms with E-state index >= 15 is 0 Å². The van der Waals surface area contributed by atoms with E-state index in [1.54, 1.807) is 18.7 Å². The van der Waals surface area contributed by atoms with Crippen LogP contribution in [0.25, 0.3) is 17.1 Å². The van der Waals surface area contributed by atoms with Crippen molar-refractivity contribution >= 4 is 23.4 Å². The van der Waals surface area contributed by atoms with Crippen LogP contribution in [-0.4, -0.2) is 35.8 Å². The van der Waals surface area contributed by atoms with Crippen molar-refractivity contribution in [2.45, 2.75) is 12.1 Å². The van der Waals surface area contributed by atoms with Crippen molar-refractivity contribution in [1.82, 2.24) is 24.1 Å². The fourth-order valence-electron chi connectivity index (χ4n) is 3.30. The molecule has 4 rings (SSSR count). The summed E-state index contributed by atoms with van der Waals surface area (Å²) < 4.78 is 5.12. The number of amides is 1.